The Labute approximate surface area is 186 Å². The molecule has 0 atom stereocenters. The van der Waals surface area contributed by atoms with Gasteiger partial charge in [0, 0.05) is 49.9 Å². The number of aliphatic carboxylic acids is 1. The zero-order valence-electron chi connectivity index (χ0n) is 19.9. The van der Waals surface area contributed by atoms with Crippen molar-refractivity contribution in [3.8, 4) is 5.75 Å². The fourth-order valence-corrected chi connectivity index (χ4v) is 3.17. The molecular formula is C25H34N2O4. The number of hydrogen-bond donors (Lipinski definition) is 1. The lowest BCUT2D eigenvalue weighted by molar-refractivity contribution is -0.137. The summed E-state index contributed by atoms with van der Waals surface area (Å²) in [6.45, 7) is 4.12. The fourth-order valence-electron chi connectivity index (χ4n) is 3.17. The molecule has 0 radical (unpaired) electrons. The second-order valence-electron chi connectivity index (χ2n) is 7.94. The van der Waals surface area contributed by atoms with E-state index in [0.29, 0.717) is 24.3 Å². The van der Waals surface area contributed by atoms with Crippen LogP contribution in [0.3, 0.4) is 0 Å². The lowest BCUT2D eigenvalue weighted by Gasteiger charge is -2.28. The molecule has 0 aliphatic rings. The molecule has 0 unspecified atom stereocenters. The summed E-state index contributed by atoms with van der Waals surface area (Å²) in [7, 11) is 3.89. The molecule has 168 valence electrons. The van der Waals surface area contributed by atoms with Crippen LogP contribution in [0.5, 0.6) is 5.75 Å². The third-order valence-electron chi connectivity index (χ3n) is 5.01. The van der Waals surface area contributed by atoms with Gasteiger partial charge in [-0.1, -0.05) is 18.2 Å². The monoisotopic (exact) mass is 427 g/mol. The molecule has 6 heteroatoms. The number of nitrogens with zero attached hydrogens (tertiary/aromatic N) is 2. The Morgan fingerprint density at radius 3 is 2.32 bits per heavy atom. The van der Waals surface area contributed by atoms with Gasteiger partial charge in [-0.2, -0.15) is 0 Å². The highest BCUT2D eigenvalue weighted by Gasteiger charge is 2.20. The number of amides is 1. The van der Waals surface area contributed by atoms with E-state index in [1.54, 1.807) is 26.0 Å². The van der Waals surface area contributed by atoms with Crippen LogP contribution in [0.2, 0.25) is 0 Å². The van der Waals surface area contributed by atoms with Gasteiger partial charge in [-0.05, 0) is 63.4 Å². The van der Waals surface area contributed by atoms with Gasteiger partial charge < -0.3 is 19.6 Å². The van der Waals surface area contributed by atoms with Crippen LogP contribution in [0, 0.1) is 0 Å². The first kappa shape index (κ1) is 22.7. The number of carboxylic acids is 1. The van der Waals surface area contributed by atoms with Crippen molar-refractivity contribution >= 4 is 17.6 Å². The lowest BCUT2D eigenvalue weighted by atomic mass is 10.1. The van der Waals surface area contributed by atoms with Gasteiger partial charge in [-0.3, -0.25) is 9.59 Å². The Hall–Kier alpha value is -3.02. The highest BCUT2D eigenvalue weighted by atomic mass is 16.5. The summed E-state index contributed by atoms with van der Waals surface area (Å²) in [4.78, 5) is 27.4. The third kappa shape index (κ3) is 7.63. The topological polar surface area (TPSA) is 70.1 Å². The Balaban J connectivity index is 2.11. The van der Waals surface area contributed by atoms with E-state index in [9.17, 15) is 9.59 Å². The standard InChI is InChI=1S/C25H34N2O4/c1-19(2)27(25(30)20-13-15-22(16-14-20)26(3)4)18-21-10-7-8-11-23(21)31-17-9-5-6-12-24(28)29/h7-8,10-11,13-16,19H,5-6,9,12,17-18H2,1-4H3,(H,28,29)/i19D. The molecule has 0 aromatic heterocycles. The van der Waals surface area contributed by atoms with Gasteiger partial charge >= 0.3 is 5.97 Å². The van der Waals surface area contributed by atoms with Crippen LogP contribution in [0.1, 0.15) is 56.8 Å². The predicted octanol–water partition coefficient (Wildman–Crippen LogP) is 4.83. The van der Waals surface area contributed by atoms with E-state index < -0.39 is 12.0 Å². The number of ether oxygens (including phenoxy) is 1. The second-order valence-corrected chi connectivity index (χ2v) is 7.94. The van der Waals surface area contributed by atoms with Crippen molar-refractivity contribution in [3.63, 3.8) is 0 Å². The molecule has 2 rings (SSSR count). The zero-order chi connectivity index (χ0) is 23.7. The molecule has 0 aliphatic carbocycles. The normalized spacial score (nSPS) is 11.5. The predicted molar refractivity (Wildman–Crippen MR) is 124 cm³/mol. The Kier molecular flexibility index (Phi) is 8.76. The SMILES string of the molecule is [2H]C(C)(C)N(Cc1ccccc1OCCCCCC(=O)O)C(=O)c1ccc(N(C)C)cc1. The second kappa shape index (κ2) is 12.0. The van der Waals surface area contributed by atoms with Crippen molar-refractivity contribution in [2.75, 3.05) is 25.6 Å². The van der Waals surface area contributed by atoms with Gasteiger partial charge in [0.15, 0.2) is 0 Å². The maximum atomic E-state index is 13.3. The van der Waals surface area contributed by atoms with E-state index >= 15 is 0 Å². The quantitative estimate of drug-likeness (QED) is 0.492. The van der Waals surface area contributed by atoms with Crippen LogP contribution in [-0.4, -0.2) is 48.6 Å². The lowest BCUT2D eigenvalue weighted by Crippen LogP contribution is -2.36. The molecule has 1 N–H and O–H groups in total. The third-order valence-corrected chi connectivity index (χ3v) is 5.01. The maximum Gasteiger partial charge on any atom is 0.303 e. The van der Waals surface area contributed by atoms with Crippen molar-refractivity contribution in [1.82, 2.24) is 4.90 Å². The molecule has 0 aliphatic heterocycles. The highest BCUT2D eigenvalue weighted by molar-refractivity contribution is 5.94. The van der Waals surface area contributed by atoms with Gasteiger partial charge in [0.25, 0.3) is 5.91 Å². The average Bonchev–Trinajstić information content (AvgIpc) is 2.73. The summed E-state index contributed by atoms with van der Waals surface area (Å²) in [6.07, 6.45) is 2.33. The summed E-state index contributed by atoms with van der Waals surface area (Å²) < 4.78 is 14.5. The van der Waals surface area contributed by atoms with Crippen molar-refractivity contribution in [1.29, 1.82) is 0 Å². The molecule has 0 fully saturated rings. The summed E-state index contributed by atoms with van der Waals surface area (Å²) in [6, 6.07) is 13.8. The minimum atomic E-state index is -1.12. The number of carbonyl (C=O) groups excluding carboxylic acids is 1. The zero-order valence-corrected chi connectivity index (χ0v) is 18.9. The van der Waals surface area contributed by atoms with E-state index in [0.717, 1.165) is 24.1 Å². The Bertz CT molecular complexity index is 892. The largest absolute Gasteiger partial charge is 0.493 e. The molecule has 0 saturated heterocycles. The molecule has 2 aromatic carbocycles. The average molecular weight is 428 g/mol. The van der Waals surface area contributed by atoms with E-state index in [-0.39, 0.29) is 18.9 Å². The van der Waals surface area contributed by atoms with Crippen molar-refractivity contribution < 1.29 is 20.8 Å². The number of anilines is 1. The molecule has 6 nitrogen and oxygen atoms in total. The van der Waals surface area contributed by atoms with Crippen molar-refractivity contribution in [2.24, 2.45) is 0 Å². The van der Waals surface area contributed by atoms with Gasteiger partial charge in [0.05, 0.1) is 7.98 Å². The van der Waals surface area contributed by atoms with Gasteiger partial charge in [-0.15, -0.1) is 0 Å². The molecule has 31 heavy (non-hydrogen) atoms. The van der Waals surface area contributed by atoms with E-state index in [4.69, 9.17) is 11.2 Å². The molecule has 1 amide bonds. The summed E-state index contributed by atoms with van der Waals surface area (Å²) in [5.41, 5.74) is 2.37. The van der Waals surface area contributed by atoms with Crippen LogP contribution < -0.4 is 9.64 Å². The first-order valence-electron chi connectivity index (χ1n) is 11.1. The summed E-state index contributed by atoms with van der Waals surface area (Å²) in [5, 5.41) is 8.72. The number of unbranched alkanes of at least 4 members (excludes halogenated alkanes) is 2. The Morgan fingerprint density at radius 1 is 1.03 bits per heavy atom. The summed E-state index contributed by atoms with van der Waals surface area (Å²) in [5.74, 6) is -0.315. The number of rotatable bonds is 12. The van der Waals surface area contributed by atoms with E-state index in [1.165, 1.54) is 4.90 Å². The smallest absolute Gasteiger partial charge is 0.303 e. The van der Waals surface area contributed by atoms with Crippen molar-refractivity contribution in [2.45, 2.75) is 52.1 Å². The molecular weight excluding hydrogens is 392 g/mol. The Morgan fingerprint density at radius 2 is 1.71 bits per heavy atom. The van der Waals surface area contributed by atoms with Crippen LogP contribution in [0.15, 0.2) is 48.5 Å². The molecule has 0 spiro atoms. The van der Waals surface area contributed by atoms with Crippen LogP contribution in [-0.2, 0) is 11.3 Å². The van der Waals surface area contributed by atoms with Crippen LogP contribution in [0.25, 0.3) is 0 Å². The molecule has 0 heterocycles. The maximum absolute atomic E-state index is 13.3. The molecule has 2 aromatic rings. The highest BCUT2D eigenvalue weighted by Crippen LogP contribution is 2.23. The summed E-state index contributed by atoms with van der Waals surface area (Å²) >= 11 is 0. The first-order valence-corrected chi connectivity index (χ1v) is 10.6. The van der Waals surface area contributed by atoms with Crippen LogP contribution in [0.4, 0.5) is 5.69 Å². The van der Waals surface area contributed by atoms with Gasteiger partial charge in [-0.25, -0.2) is 0 Å². The number of benzene rings is 2. The minimum Gasteiger partial charge on any atom is -0.493 e. The van der Waals surface area contributed by atoms with Crippen molar-refractivity contribution in [3.05, 3.63) is 59.7 Å². The van der Waals surface area contributed by atoms with Crippen LogP contribution >= 0.6 is 0 Å². The molecule has 0 saturated carbocycles. The number of hydrogen-bond acceptors (Lipinski definition) is 4. The molecule has 0 bridgehead atoms. The fraction of sp³-hybridized carbons (Fsp3) is 0.440. The minimum absolute atomic E-state index is 0.168. The van der Waals surface area contributed by atoms with E-state index in [1.807, 2.05) is 55.4 Å². The van der Waals surface area contributed by atoms with Gasteiger partial charge in [0.2, 0.25) is 0 Å². The number of para-hydroxylation sites is 1. The number of carbonyl (C=O) groups is 2. The van der Waals surface area contributed by atoms with Gasteiger partial charge in [0.1, 0.15) is 5.75 Å². The number of carboxylic acid groups (broad SMARTS) is 1. The van der Waals surface area contributed by atoms with E-state index in [2.05, 4.69) is 0 Å². The first-order chi connectivity index (χ1) is 15.1.